The molecule has 13 heavy (non-hydrogen) atoms. The molecule has 4 heteroatoms. The monoisotopic (exact) mass is 185 g/mol. The summed E-state index contributed by atoms with van der Waals surface area (Å²) in [4.78, 5) is 11.0. The molecule has 0 saturated carbocycles. The van der Waals surface area contributed by atoms with Crippen molar-refractivity contribution in [3.63, 3.8) is 0 Å². The summed E-state index contributed by atoms with van der Waals surface area (Å²) in [7, 11) is 0. The van der Waals surface area contributed by atoms with Gasteiger partial charge in [-0.15, -0.1) is 0 Å². The van der Waals surface area contributed by atoms with Crippen molar-refractivity contribution in [3.05, 3.63) is 12.2 Å². The lowest BCUT2D eigenvalue weighted by Gasteiger charge is -2.09. The summed E-state index contributed by atoms with van der Waals surface area (Å²) >= 11 is 0. The molecule has 1 aliphatic heterocycles. The molecule has 1 heterocycles. The summed E-state index contributed by atoms with van der Waals surface area (Å²) in [6.45, 7) is 7.08. The zero-order valence-electron chi connectivity index (χ0n) is 7.84. The van der Waals surface area contributed by atoms with E-state index in [4.69, 9.17) is 9.47 Å². The first-order valence-corrected chi connectivity index (χ1v) is 4.37. The van der Waals surface area contributed by atoms with Crippen molar-refractivity contribution in [3.8, 4) is 0 Å². The van der Waals surface area contributed by atoms with Gasteiger partial charge in [0.1, 0.15) is 0 Å². The number of nitrogens with one attached hydrogen (secondary N) is 1. The predicted octanol–water partition coefficient (Wildman–Crippen LogP) is 0.442. The van der Waals surface area contributed by atoms with Crippen molar-refractivity contribution in [2.24, 2.45) is 0 Å². The molecule has 1 N–H and O–H groups in total. The topological polar surface area (TPSA) is 47.6 Å². The molecule has 1 saturated heterocycles. The Labute approximate surface area is 77.9 Å². The maximum atomic E-state index is 11.0. The molecule has 4 nitrogen and oxygen atoms in total. The van der Waals surface area contributed by atoms with Gasteiger partial charge in [-0.3, -0.25) is 4.79 Å². The number of rotatable bonds is 4. The standard InChI is InChI=1S/C9H15NO3/c1-7(2)9(11)10-4-3-8-12-5-6-13-8/h8H,1,3-6H2,2H3,(H,10,11). The number of hydrogen-bond donors (Lipinski definition) is 1. The number of amides is 1. The first-order valence-electron chi connectivity index (χ1n) is 4.37. The molecule has 0 aliphatic carbocycles. The summed E-state index contributed by atoms with van der Waals surface area (Å²) in [6.07, 6.45) is 0.546. The molecule has 0 atom stereocenters. The lowest BCUT2D eigenvalue weighted by molar-refractivity contribution is -0.117. The summed E-state index contributed by atoms with van der Waals surface area (Å²) in [5.74, 6) is -0.113. The molecule has 74 valence electrons. The van der Waals surface area contributed by atoms with Gasteiger partial charge in [-0.1, -0.05) is 6.58 Å². The first kappa shape index (κ1) is 10.2. The number of hydrogen-bond acceptors (Lipinski definition) is 3. The Balaban J connectivity index is 2.06. The van der Waals surface area contributed by atoms with E-state index in [1.54, 1.807) is 6.92 Å². The maximum Gasteiger partial charge on any atom is 0.246 e. The van der Waals surface area contributed by atoms with Gasteiger partial charge in [0.05, 0.1) is 13.2 Å². The van der Waals surface area contributed by atoms with E-state index in [1.165, 1.54) is 0 Å². The Kier molecular flexibility index (Phi) is 3.92. The highest BCUT2D eigenvalue weighted by molar-refractivity contribution is 5.91. The van der Waals surface area contributed by atoms with Gasteiger partial charge >= 0.3 is 0 Å². The van der Waals surface area contributed by atoms with Crippen LogP contribution >= 0.6 is 0 Å². The second-order valence-corrected chi connectivity index (χ2v) is 3.00. The summed E-state index contributed by atoms with van der Waals surface area (Å²) in [6, 6.07) is 0. The van der Waals surface area contributed by atoms with Gasteiger partial charge in [0.25, 0.3) is 0 Å². The second kappa shape index (κ2) is 4.99. The highest BCUT2D eigenvalue weighted by atomic mass is 16.7. The van der Waals surface area contributed by atoms with Crippen LogP contribution in [0.1, 0.15) is 13.3 Å². The minimum absolute atomic E-state index is 0.113. The van der Waals surface area contributed by atoms with Crippen LogP contribution in [-0.4, -0.2) is 32.0 Å². The van der Waals surface area contributed by atoms with Crippen molar-refractivity contribution < 1.29 is 14.3 Å². The fourth-order valence-electron chi connectivity index (χ4n) is 1.03. The quantitative estimate of drug-likeness (QED) is 0.646. The van der Waals surface area contributed by atoms with Crippen molar-refractivity contribution in [2.45, 2.75) is 19.6 Å². The molecular weight excluding hydrogens is 170 g/mol. The summed E-state index contributed by atoms with van der Waals surface area (Å²) in [5, 5.41) is 2.71. The lowest BCUT2D eigenvalue weighted by Crippen LogP contribution is -2.27. The largest absolute Gasteiger partial charge is 0.352 e. The third-order valence-electron chi connectivity index (χ3n) is 1.74. The molecular formula is C9H15NO3. The maximum absolute atomic E-state index is 11.0. The molecule has 1 rings (SSSR count). The molecule has 0 bridgehead atoms. The van der Waals surface area contributed by atoms with Gasteiger partial charge in [0.15, 0.2) is 6.29 Å². The van der Waals surface area contributed by atoms with Gasteiger partial charge in [0.2, 0.25) is 5.91 Å². The van der Waals surface area contributed by atoms with Gasteiger partial charge in [-0.05, 0) is 6.92 Å². The minimum atomic E-state index is -0.148. The van der Waals surface area contributed by atoms with Crippen LogP contribution in [0.15, 0.2) is 12.2 Å². The molecule has 0 aromatic heterocycles. The molecule has 0 spiro atoms. The van der Waals surface area contributed by atoms with Crippen molar-refractivity contribution in [1.29, 1.82) is 0 Å². The Morgan fingerprint density at radius 2 is 2.15 bits per heavy atom. The van der Waals surface area contributed by atoms with E-state index in [0.717, 1.165) is 0 Å². The highest BCUT2D eigenvalue weighted by Crippen LogP contribution is 2.06. The highest BCUT2D eigenvalue weighted by Gasteiger charge is 2.15. The SMILES string of the molecule is C=C(C)C(=O)NCCC1OCCO1. The Bertz CT molecular complexity index is 197. The van der Waals surface area contributed by atoms with Crippen LogP contribution in [0.3, 0.4) is 0 Å². The van der Waals surface area contributed by atoms with E-state index in [1.807, 2.05) is 0 Å². The van der Waals surface area contributed by atoms with Crippen LogP contribution in [0.25, 0.3) is 0 Å². The third kappa shape index (κ3) is 3.57. The van der Waals surface area contributed by atoms with Crippen LogP contribution in [0.5, 0.6) is 0 Å². The third-order valence-corrected chi connectivity index (χ3v) is 1.74. The zero-order valence-corrected chi connectivity index (χ0v) is 7.84. The van der Waals surface area contributed by atoms with Crippen molar-refractivity contribution in [2.75, 3.05) is 19.8 Å². The molecule has 1 aliphatic rings. The average molecular weight is 185 g/mol. The van der Waals surface area contributed by atoms with Crippen LogP contribution in [0, 0.1) is 0 Å². The van der Waals surface area contributed by atoms with Crippen molar-refractivity contribution >= 4 is 5.91 Å². The Hall–Kier alpha value is -0.870. The lowest BCUT2D eigenvalue weighted by atomic mass is 10.3. The fourth-order valence-corrected chi connectivity index (χ4v) is 1.03. The van der Waals surface area contributed by atoms with Gasteiger partial charge < -0.3 is 14.8 Å². The van der Waals surface area contributed by atoms with E-state index in [0.29, 0.717) is 31.8 Å². The average Bonchev–Trinajstić information content (AvgIpc) is 2.56. The van der Waals surface area contributed by atoms with Gasteiger partial charge in [-0.2, -0.15) is 0 Å². The minimum Gasteiger partial charge on any atom is -0.352 e. The molecule has 1 fully saturated rings. The fraction of sp³-hybridized carbons (Fsp3) is 0.667. The van der Waals surface area contributed by atoms with Gasteiger partial charge in [-0.25, -0.2) is 0 Å². The van der Waals surface area contributed by atoms with Crippen LogP contribution in [0.4, 0.5) is 0 Å². The van der Waals surface area contributed by atoms with Crippen LogP contribution in [-0.2, 0) is 14.3 Å². The van der Waals surface area contributed by atoms with Gasteiger partial charge in [0, 0.05) is 18.5 Å². The van der Waals surface area contributed by atoms with Crippen LogP contribution in [0.2, 0.25) is 0 Å². The molecule has 0 radical (unpaired) electrons. The molecule has 0 aromatic rings. The second-order valence-electron chi connectivity index (χ2n) is 3.00. The number of carbonyl (C=O) groups is 1. The van der Waals surface area contributed by atoms with E-state index in [2.05, 4.69) is 11.9 Å². The van der Waals surface area contributed by atoms with E-state index in [9.17, 15) is 4.79 Å². The van der Waals surface area contributed by atoms with Crippen molar-refractivity contribution in [1.82, 2.24) is 5.32 Å². The van der Waals surface area contributed by atoms with Crippen LogP contribution < -0.4 is 5.32 Å². The summed E-state index contributed by atoms with van der Waals surface area (Å²) < 4.78 is 10.4. The molecule has 1 amide bonds. The Morgan fingerprint density at radius 3 is 2.69 bits per heavy atom. The van der Waals surface area contributed by atoms with E-state index >= 15 is 0 Å². The summed E-state index contributed by atoms with van der Waals surface area (Å²) in [5.41, 5.74) is 0.522. The molecule has 0 unspecified atom stereocenters. The number of ether oxygens (including phenoxy) is 2. The Morgan fingerprint density at radius 1 is 1.54 bits per heavy atom. The normalized spacial score (nSPS) is 17.3. The smallest absolute Gasteiger partial charge is 0.246 e. The number of carbonyl (C=O) groups excluding carboxylic acids is 1. The molecule has 0 aromatic carbocycles. The zero-order chi connectivity index (χ0) is 9.68. The van der Waals surface area contributed by atoms with E-state index < -0.39 is 0 Å². The predicted molar refractivity (Wildman–Crippen MR) is 48.1 cm³/mol. The van der Waals surface area contributed by atoms with E-state index in [-0.39, 0.29) is 12.2 Å². The first-order chi connectivity index (χ1) is 6.20.